The maximum atomic E-state index is 13.8. The van der Waals surface area contributed by atoms with Gasteiger partial charge in [-0.25, -0.2) is 4.79 Å². The molecule has 2 aromatic carbocycles. The van der Waals surface area contributed by atoms with Gasteiger partial charge < -0.3 is 29.9 Å². The number of benzene rings is 2. The number of fused-ring (bicyclic) bond motifs is 1. The molecule has 0 saturated carbocycles. The molecule has 0 aromatic heterocycles. The Bertz CT molecular complexity index is 1140. The van der Waals surface area contributed by atoms with E-state index in [1.807, 2.05) is 48.2 Å². The van der Waals surface area contributed by atoms with Gasteiger partial charge >= 0.3 is 6.03 Å². The van der Waals surface area contributed by atoms with Crippen molar-refractivity contribution in [3.05, 3.63) is 53.6 Å². The molecule has 3 amide bonds. The molecule has 5 rings (SSSR count). The van der Waals surface area contributed by atoms with Crippen molar-refractivity contribution in [2.75, 3.05) is 65.3 Å². The number of hydrogen-bond acceptors (Lipinski definition) is 6. The number of piperazine rings is 1. The molecule has 0 bridgehead atoms. The van der Waals surface area contributed by atoms with Crippen molar-refractivity contribution in [3.8, 4) is 11.5 Å². The lowest BCUT2D eigenvalue weighted by Gasteiger charge is -2.43. The van der Waals surface area contributed by atoms with Gasteiger partial charge in [-0.2, -0.15) is 0 Å². The first-order chi connectivity index (χ1) is 18.0. The van der Waals surface area contributed by atoms with Gasteiger partial charge in [0.25, 0.3) is 5.91 Å². The Morgan fingerprint density at radius 1 is 1.05 bits per heavy atom. The van der Waals surface area contributed by atoms with Crippen molar-refractivity contribution in [1.29, 1.82) is 0 Å². The van der Waals surface area contributed by atoms with Crippen LogP contribution in [0.4, 0.5) is 10.5 Å². The van der Waals surface area contributed by atoms with Crippen LogP contribution in [-0.4, -0.2) is 92.7 Å². The molecule has 1 atom stereocenters. The van der Waals surface area contributed by atoms with Crippen molar-refractivity contribution >= 4 is 17.6 Å². The number of nitrogens with zero attached hydrogens (tertiary/aromatic N) is 3. The van der Waals surface area contributed by atoms with Crippen LogP contribution in [0, 0.1) is 0 Å². The molecule has 37 heavy (non-hydrogen) atoms. The van der Waals surface area contributed by atoms with Crippen LogP contribution >= 0.6 is 0 Å². The maximum absolute atomic E-state index is 13.8. The third-order valence-electron chi connectivity index (χ3n) is 7.91. The van der Waals surface area contributed by atoms with E-state index in [4.69, 9.17) is 9.47 Å². The normalized spacial score (nSPS) is 22.9. The van der Waals surface area contributed by atoms with E-state index in [2.05, 4.69) is 27.5 Å². The number of rotatable bonds is 6. The van der Waals surface area contributed by atoms with Crippen LogP contribution < -0.4 is 20.1 Å². The zero-order valence-electron chi connectivity index (χ0n) is 22.0. The number of amides is 3. The third kappa shape index (κ3) is 4.73. The highest BCUT2D eigenvalue weighted by molar-refractivity contribution is 6.10. The van der Waals surface area contributed by atoms with Gasteiger partial charge in [0.1, 0.15) is 11.5 Å². The largest absolute Gasteiger partial charge is 0.497 e. The van der Waals surface area contributed by atoms with E-state index in [1.165, 1.54) is 12.8 Å². The molecule has 198 valence electrons. The second kappa shape index (κ2) is 10.6. The van der Waals surface area contributed by atoms with Gasteiger partial charge in [0.05, 0.1) is 13.7 Å². The van der Waals surface area contributed by atoms with Crippen molar-refractivity contribution in [1.82, 2.24) is 20.0 Å². The molecule has 2 N–H and O–H groups in total. The first-order valence-electron chi connectivity index (χ1n) is 13.2. The molecule has 2 saturated heterocycles. The number of carbonyl (C=O) groups is 2. The quantitative estimate of drug-likeness (QED) is 0.626. The first-order valence-corrected chi connectivity index (χ1v) is 13.2. The second-order valence-electron chi connectivity index (χ2n) is 10.0. The summed E-state index contributed by atoms with van der Waals surface area (Å²) in [5.74, 6) is 0.846. The number of para-hydroxylation sites is 1. The van der Waals surface area contributed by atoms with Crippen LogP contribution in [0.1, 0.15) is 30.9 Å². The first kappa shape index (κ1) is 25.4. The molecule has 0 radical (unpaired) electrons. The molecular formula is C28H37N5O4. The number of nitrogens with one attached hydrogen (secondary N) is 2. The number of methoxy groups -OCH3 is 1. The molecule has 3 heterocycles. The Hall–Kier alpha value is -3.30. The summed E-state index contributed by atoms with van der Waals surface area (Å²) in [7, 11) is 3.76. The molecule has 0 spiro atoms. The Labute approximate surface area is 218 Å². The lowest BCUT2D eigenvalue weighted by molar-refractivity contribution is -0.120. The highest BCUT2D eigenvalue weighted by Gasteiger charge is 2.52. The number of likely N-dealkylation sites (tertiary alicyclic amines) is 1. The van der Waals surface area contributed by atoms with Gasteiger partial charge in [0.2, 0.25) is 0 Å². The van der Waals surface area contributed by atoms with Crippen LogP contribution in [-0.2, 0) is 10.3 Å². The van der Waals surface area contributed by atoms with Gasteiger partial charge in [-0.05, 0) is 64.2 Å². The van der Waals surface area contributed by atoms with Gasteiger partial charge in [-0.1, -0.05) is 18.2 Å². The van der Waals surface area contributed by atoms with E-state index in [-0.39, 0.29) is 11.9 Å². The summed E-state index contributed by atoms with van der Waals surface area (Å²) < 4.78 is 11.4. The fourth-order valence-corrected chi connectivity index (χ4v) is 5.81. The predicted octanol–water partition coefficient (Wildman–Crippen LogP) is 2.71. The summed E-state index contributed by atoms with van der Waals surface area (Å²) in [6.45, 7) is 7.48. The van der Waals surface area contributed by atoms with Gasteiger partial charge in [-0.15, -0.1) is 0 Å². The molecule has 9 nitrogen and oxygen atoms in total. The van der Waals surface area contributed by atoms with Gasteiger partial charge in [0.15, 0.2) is 5.54 Å². The smallest absolute Gasteiger partial charge is 0.318 e. The van der Waals surface area contributed by atoms with E-state index in [0.717, 1.165) is 26.2 Å². The fourth-order valence-electron chi connectivity index (χ4n) is 5.81. The maximum Gasteiger partial charge on any atom is 0.318 e. The number of urea groups is 1. The van der Waals surface area contributed by atoms with Crippen LogP contribution in [0.15, 0.2) is 42.5 Å². The molecule has 1 unspecified atom stereocenters. The summed E-state index contributed by atoms with van der Waals surface area (Å²) in [5, 5.41) is 6.12. The minimum Gasteiger partial charge on any atom is -0.497 e. The number of hydrogen-bond donors (Lipinski definition) is 2. The standard InChI is InChI=1S/C28H37N5O4/c1-4-37-25-8-6-5-7-22(25)28(23-19-21(36-3)9-10-24(23)29-26(28)34)30-27(35)33-17-15-32(16-18-33)20-11-13-31(2)14-12-20/h5-10,19-20H,4,11-18H2,1-3H3,(H,29,34)(H,30,35). The van der Waals surface area contributed by atoms with E-state index in [0.29, 0.717) is 54.1 Å². The Morgan fingerprint density at radius 2 is 1.78 bits per heavy atom. The third-order valence-corrected chi connectivity index (χ3v) is 7.91. The zero-order valence-corrected chi connectivity index (χ0v) is 22.0. The minimum atomic E-state index is -1.45. The average Bonchev–Trinajstić information content (AvgIpc) is 3.20. The highest BCUT2D eigenvalue weighted by atomic mass is 16.5. The number of piperidine rings is 1. The number of carbonyl (C=O) groups excluding carboxylic acids is 2. The van der Waals surface area contributed by atoms with Crippen molar-refractivity contribution in [2.45, 2.75) is 31.3 Å². The SMILES string of the molecule is CCOc1ccccc1C1(NC(=O)N2CCN(C3CCN(C)CC3)CC2)C(=O)Nc2ccc(OC)cc21. The highest BCUT2D eigenvalue weighted by Crippen LogP contribution is 2.45. The molecule has 2 fully saturated rings. The molecule has 3 aliphatic heterocycles. The van der Waals surface area contributed by atoms with Crippen molar-refractivity contribution < 1.29 is 19.1 Å². The molecular weight excluding hydrogens is 470 g/mol. The predicted molar refractivity (Wildman–Crippen MR) is 142 cm³/mol. The van der Waals surface area contributed by atoms with E-state index in [1.54, 1.807) is 13.2 Å². The molecule has 0 aliphatic carbocycles. The number of ether oxygens (including phenoxy) is 2. The van der Waals surface area contributed by atoms with Crippen LogP contribution in [0.2, 0.25) is 0 Å². The van der Waals surface area contributed by atoms with E-state index in [9.17, 15) is 9.59 Å². The summed E-state index contributed by atoms with van der Waals surface area (Å²) in [4.78, 5) is 34.2. The van der Waals surface area contributed by atoms with E-state index < -0.39 is 5.54 Å². The molecule has 9 heteroatoms. The van der Waals surface area contributed by atoms with Gasteiger partial charge in [-0.3, -0.25) is 9.69 Å². The summed E-state index contributed by atoms with van der Waals surface area (Å²) in [6.07, 6.45) is 2.33. The van der Waals surface area contributed by atoms with E-state index >= 15 is 0 Å². The molecule has 2 aromatic rings. The average molecular weight is 508 g/mol. The Morgan fingerprint density at radius 3 is 2.49 bits per heavy atom. The summed E-state index contributed by atoms with van der Waals surface area (Å²) >= 11 is 0. The van der Waals surface area contributed by atoms with Crippen LogP contribution in [0.3, 0.4) is 0 Å². The summed E-state index contributed by atoms with van der Waals surface area (Å²) in [6, 6.07) is 13.1. The Kier molecular flexibility index (Phi) is 7.26. The monoisotopic (exact) mass is 507 g/mol. The molecule has 3 aliphatic rings. The van der Waals surface area contributed by atoms with Crippen LogP contribution in [0.5, 0.6) is 11.5 Å². The van der Waals surface area contributed by atoms with Crippen molar-refractivity contribution in [3.63, 3.8) is 0 Å². The van der Waals surface area contributed by atoms with Crippen molar-refractivity contribution in [2.24, 2.45) is 0 Å². The summed E-state index contributed by atoms with van der Waals surface area (Å²) in [5.41, 5.74) is 0.434. The number of anilines is 1. The minimum absolute atomic E-state index is 0.264. The lowest BCUT2D eigenvalue weighted by atomic mass is 9.83. The topological polar surface area (TPSA) is 86.4 Å². The zero-order chi connectivity index (χ0) is 26.0. The Balaban J connectivity index is 1.43. The lowest BCUT2D eigenvalue weighted by Crippen LogP contribution is -2.60. The fraction of sp³-hybridized carbons (Fsp3) is 0.500. The van der Waals surface area contributed by atoms with Crippen LogP contribution in [0.25, 0.3) is 0 Å². The second-order valence-corrected chi connectivity index (χ2v) is 10.0. The van der Waals surface area contributed by atoms with Gasteiger partial charge in [0, 0.05) is 49.0 Å².